The number of benzene rings is 3. The van der Waals surface area contributed by atoms with E-state index in [9.17, 15) is 0 Å². The van der Waals surface area contributed by atoms with E-state index in [1.165, 1.54) is 0 Å². The highest BCUT2D eigenvalue weighted by molar-refractivity contribution is 5.74. The van der Waals surface area contributed by atoms with Crippen molar-refractivity contribution in [3.63, 3.8) is 0 Å². The van der Waals surface area contributed by atoms with Gasteiger partial charge in [0.1, 0.15) is 29.6 Å². The normalized spacial score (nSPS) is 11.1. The number of nitrogens with zero attached hydrogens (tertiary/aromatic N) is 1. The molecule has 4 aromatic rings. The molecule has 0 amide bonds. The van der Waals surface area contributed by atoms with Crippen LogP contribution in [0, 0.1) is 6.92 Å². The topological polar surface area (TPSA) is 86.7 Å². The Bertz CT molecular complexity index is 1650. The van der Waals surface area contributed by atoms with Crippen molar-refractivity contribution in [2.24, 2.45) is 0 Å². The summed E-state index contributed by atoms with van der Waals surface area (Å²) in [5.74, 6) is 4.39. The summed E-state index contributed by atoms with van der Waals surface area (Å²) in [4.78, 5) is 4.77. The second-order valence-electron chi connectivity index (χ2n) is 10.2. The molecule has 242 valence electrons. The molecule has 9 heteroatoms. The zero-order chi connectivity index (χ0) is 33.1. The molecule has 0 aliphatic heterocycles. The smallest absolute Gasteiger partial charge is 0.203 e. The Hall–Kier alpha value is -5.15. The molecular weight excluding hydrogens is 586 g/mol. The summed E-state index contributed by atoms with van der Waals surface area (Å²) in [6, 6.07) is 17.3. The summed E-state index contributed by atoms with van der Waals surface area (Å²) < 4.78 is 45.1. The summed E-state index contributed by atoms with van der Waals surface area (Å²) in [5.41, 5.74) is 6.03. The molecule has 9 nitrogen and oxygen atoms in total. The predicted molar refractivity (Wildman–Crippen MR) is 181 cm³/mol. The first kappa shape index (κ1) is 33.7. The number of rotatable bonds is 15. The van der Waals surface area contributed by atoms with E-state index in [1.54, 1.807) is 49.8 Å². The standard InChI is InChI=1S/C37H41NO8/c1-24-31(40-3)16-25(17-32(24)41-4)12-14-29-10-9-11-30(38-29)15-13-26-18-35(44-7)37(36(19-26)45-8)46-23-28-21-33(42-5)27(22-39-2)20-34(28)43-6/h9-21H,22-23H2,1-8H3/b14-12+,15-13+. The van der Waals surface area contributed by atoms with Gasteiger partial charge in [-0.3, -0.25) is 0 Å². The van der Waals surface area contributed by atoms with Crippen LogP contribution in [0.2, 0.25) is 0 Å². The number of pyridine rings is 1. The van der Waals surface area contributed by atoms with Gasteiger partial charge in [-0.15, -0.1) is 0 Å². The molecule has 0 bridgehead atoms. The van der Waals surface area contributed by atoms with Gasteiger partial charge in [0.05, 0.1) is 60.7 Å². The first-order valence-electron chi connectivity index (χ1n) is 14.5. The number of hydrogen-bond acceptors (Lipinski definition) is 9. The summed E-state index contributed by atoms with van der Waals surface area (Å²) in [6.45, 7) is 2.56. The highest BCUT2D eigenvalue weighted by Gasteiger charge is 2.17. The zero-order valence-electron chi connectivity index (χ0n) is 27.6. The SMILES string of the molecule is COCc1cc(OC)c(COc2c(OC)cc(/C=C/c3cccc(/C=C/c4cc(OC)c(C)c(OC)c4)n3)cc2OC)cc1OC. The molecule has 0 spiro atoms. The number of methoxy groups -OCH3 is 7. The molecule has 0 unspecified atom stereocenters. The second kappa shape index (κ2) is 16.2. The van der Waals surface area contributed by atoms with Gasteiger partial charge in [0, 0.05) is 23.8 Å². The van der Waals surface area contributed by atoms with Crippen LogP contribution in [0.3, 0.4) is 0 Å². The van der Waals surface area contributed by atoms with E-state index >= 15 is 0 Å². The fourth-order valence-electron chi connectivity index (χ4n) is 4.91. The van der Waals surface area contributed by atoms with Gasteiger partial charge < -0.3 is 37.9 Å². The Morgan fingerprint density at radius 1 is 0.522 bits per heavy atom. The third kappa shape index (κ3) is 8.11. The Labute approximate surface area is 270 Å². The largest absolute Gasteiger partial charge is 0.496 e. The van der Waals surface area contributed by atoms with Crippen molar-refractivity contribution >= 4 is 24.3 Å². The molecular formula is C37H41NO8. The summed E-state index contributed by atoms with van der Waals surface area (Å²) >= 11 is 0. The molecule has 0 aliphatic carbocycles. The van der Waals surface area contributed by atoms with Gasteiger partial charge in [-0.1, -0.05) is 18.2 Å². The van der Waals surface area contributed by atoms with Crippen LogP contribution in [-0.2, 0) is 18.0 Å². The summed E-state index contributed by atoms with van der Waals surface area (Å²) in [6.07, 6.45) is 7.81. The lowest BCUT2D eigenvalue weighted by molar-refractivity contribution is 0.181. The molecule has 46 heavy (non-hydrogen) atoms. The van der Waals surface area contributed by atoms with Gasteiger partial charge in [0.2, 0.25) is 5.75 Å². The highest BCUT2D eigenvalue weighted by Crippen LogP contribution is 2.40. The monoisotopic (exact) mass is 627 g/mol. The molecule has 1 aromatic heterocycles. The van der Waals surface area contributed by atoms with E-state index < -0.39 is 0 Å². The van der Waals surface area contributed by atoms with Crippen LogP contribution in [0.15, 0.2) is 54.6 Å². The van der Waals surface area contributed by atoms with Gasteiger partial charge >= 0.3 is 0 Å². The fourth-order valence-corrected chi connectivity index (χ4v) is 4.91. The first-order valence-corrected chi connectivity index (χ1v) is 14.5. The molecule has 0 radical (unpaired) electrons. The van der Waals surface area contributed by atoms with Gasteiger partial charge in [0.25, 0.3) is 0 Å². The van der Waals surface area contributed by atoms with Crippen LogP contribution < -0.4 is 33.2 Å². The number of ether oxygens (including phenoxy) is 8. The van der Waals surface area contributed by atoms with Crippen LogP contribution in [-0.4, -0.2) is 54.8 Å². The maximum Gasteiger partial charge on any atom is 0.203 e. The maximum atomic E-state index is 6.23. The summed E-state index contributed by atoms with van der Waals surface area (Å²) in [7, 11) is 11.4. The molecule has 0 saturated carbocycles. The van der Waals surface area contributed by atoms with E-state index in [2.05, 4.69) is 0 Å². The summed E-state index contributed by atoms with van der Waals surface area (Å²) in [5, 5.41) is 0. The van der Waals surface area contributed by atoms with Crippen molar-refractivity contribution in [1.29, 1.82) is 0 Å². The molecule has 0 N–H and O–H groups in total. The minimum absolute atomic E-state index is 0.196. The minimum Gasteiger partial charge on any atom is -0.496 e. The van der Waals surface area contributed by atoms with Crippen LogP contribution in [0.25, 0.3) is 24.3 Å². The van der Waals surface area contributed by atoms with Crippen molar-refractivity contribution in [1.82, 2.24) is 4.98 Å². The first-order chi connectivity index (χ1) is 22.4. The highest BCUT2D eigenvalue weighted by atomic mass is 16.5. The van der Waals surface area contributed by atoms with Gasteiger partial charge in [0.15, 0.2) is 11.5 Å². The second-order valence-corrected chi connectivity index (χ2v) is 10.2. The Kier molecular flexibility index (Phi) is 11.9. The molecule has 0 fully saturated rings. The van der Waals surface area contributed by atoms with Gasteiger partial charge in [-0.25, -0.2) is 4.98 Å². The number of hydrogen-bond donors (Lipinski definition) is 0. The molecule has 1 heterocycles. The average molecular weight is 628 g/mol. The molecule has 0 saturated heterocycles. The van der Waals surface area contributed by atoms with Gasteiger partial charge in [-0.05, 0) is 78.7 Å². The van der Waals surface area contributed by atoms with Crippen molar-refractivity contribution in [3.05, 3.63) is 93.8 Å². The van der Waals surface area contributed by atoms with Crippen LogP contribution >= 0.6 is 0 Å². The van der Waals surface area contributed by atoms with Crippen molar-refractivity contribution in [2.75, 3.05) is 49.8 Å². The van der Waals surface area contributed by atoms with E-state index in [1.807, 2.05) is 85.8 Å². The van der Waals surface area contributed by atoms with Crippen LogP contribution in [0.5, 0.6) is 40.2 Å². The quantitative estimate of drug-likeness (QED) is 0.133. The van der Waals surface area contributed by atoms with Crippen LogP contribution in [0.4, 0.5) is 0 Å². The Morgan fingerprint density at radius 3 is 1.39 bits per heavy atom. The van der Waals surface area contributed by atoms with Crippen molar-refractivity contribution < 1.29 is 37.9 Å². The lowest BCUT2D eigenvalue weighted by Gasteiger charge is -2.18. The van der Waals surface area contributed by atoms with E-state index in [4.69, 9.17) is 42.9 Å². The fraction of sp³-hybridized carbons (Fsp3) is 0.270. The van der Waals surface area contributed by atoms with Crippen LogP contribution in [0.1, 0.15) is 39.2 Å². The van der Waals surface area contributed by atoms with E-state index in [0.29, 0.717) is 35.4 Å². The Balaban J connectivity index is 1.54. The molecule has 0 atom stereocenters. The third-order valence-electron chi connectivity index (χ3n) is 7.30. The predicted octanol–water partition coefficient (Wildman–Crippen LogP) is 7.51. The average Bonchev–Trinajstić information content (AvgIpc) is 3.09. The van der Waals surface area contributed by atoms with E-state index in [-0.39, 0.29) is 6.61 Å². The third-order valence-corrected chi connectivity index (χ3v) is 7.30. The van der Waals surface area contributed by atoms with E-state index in [0.717, 1.165) is 50.7 Å². The van der Waals surface area contributed by atoms with Crippen molar-refractivity contribution in [3.8, 4) is 40.2 Å². The van der Waals surface area contributed by atoms with Gasteiger partial charge in [-0.2, -0.15) is 0 Å². The minimum atomic E-state index is 0.196. The van der Waals surface area contributed by atoms with Crippen molar-refractivity contribution in [2.45, 2.75) is 20.1 Å². The lowest BCUT2D eigenvalue weighted by atomic mass is 10.1. The zero-order valence-corrected chi connectivity index (χ0v) is 27.6. The number of aromatic nitrogens is 1. The molecule has 3 aromatic carbocycles. The maximum absolute atomic E-state index is 6.23. The molecule has 4 rings (SSSR count). The Morgan fingerprint density at radius 2 is 0.957 bits per heavy atom. The molecule has 0 aliphatic rings. The lowest BCUT2D eigenvalue weighted by Crippen LogP contribution is -2.04.